The minimum absolute atomic E-state index is 0.0653. The molecule has 0 radical (unpaired) electrons. The fraction of sp³-hybridized carbons (Fsp3) is 0.192. The first-order chi connectivity index (χ1) is 16.2. The molecule has 0 aliphatic carbocycles. The van der Waals surface area contributed by atoms with Crippen molar-refractivity contribution in [2.75, 3.05) is 6.54 Å². The van der Waals surface area contributed by atoms with Crippen molar-refractivity contribution in [1.29, 1.82) is 0 Å². The number of nitrogens with zero attached hydrogens (tertiary/aromatic N) is 3. The van der Waals surface area contributed by atoms with Crippen molar-refractivity contribution in [3.8, 4) is 16.9 Å². The zero-order valence-corrected chi connectivity index (χ0v) is 18.9. The number of amides is 2. The lowest BCUT2D eigenvalue weighted by atomic mass is 10.1. The maximum atomic E-state index is 13.1. The maximum Gasteiger partial charge on any atom is 0.264 e. The van der Waals surface area contributed by atoms with Gasteiger partial charge in [-0.25, -0.2) is 4.68 Å². The molecule has 6 nitrogen and oxygen atoms in total. The van der Waals surface area contributed by atoms with Crippen molar-refractivity contribution < 1.29 is 9.59 Å². The summed E-state index contributed by atoms with van der Waals surface area (Å²) >= 11 is 1.41. The fourth-order valence-corrected chi connectivity index (χ4v) is 4.89. The number of aromatic nitrogens is 2. The standard InChI is InChI=1S/C26H24N4O2S/c31-25(22-13-7-15-29(22)26(32)23-14-8-16-33-23)27-17-20-18-30(21-11-5-2-6-12-21)28-24(20)19-9-3-1-4-10-19/h1-6,8-12,14,16,18,22H,7,13,15,17H2,(H,27,31). The quantitative estimate of drug-likeness (QED) is 0.464. The second-order valence-corrected chi connectivity index (χ2v) is 8.95. The molecular formula is C26H24N4O2S. The topological polar surface area (TPSA) is 67.2 Å². The van der Waals surface area contributed by atoms with E-state index in [2.05, 4.69) is 5.32 Å². The predicted molar refractivity (Wildman–Crippen MR) is 129 cm³/mol. The zero-order valence-electron chi connectivity index (χ0n) is 18.1. The van der Waals surface area contributed by atoms with E-state index in [1.807, 2.05) is 89.1 Å². The second-order valence-electron chi connectivity index (χ2n) is 8.00. The highest BCUT2D eigenvalue weighted by Gasteiger charge is 2.34. The molecule has 2 aromatic heterocycles. The maximum absolute atomic E-state index is 13.1. The Morgan fingerprint density at radius 3 is 2.48 bits per heavy atom. The van der Waals surface area contributed by atoms with Crippen LogP contribution in [0.2, 0.25) is 0 Å². The van der Waals surface area contributed by atoms with Gasteiger partial charge in [0.2, 0.25) is 5.91 Å². The number of benzene rings is 2. The number of para-hydroxylation sites is 1. The number of hydrogen-bond donors (Lipinski definition) is 1. The van der Waals surface area contributed by atoms with E-state index < -0.39 is 6.04 Å². The van der Waals surface area contributed by atoms with Gasteiger partial charge in [0.25, 0.3) is 5.91 Å². The van der Waals surface area contributed by atoms with Crippen LogP contribution in [0.5, 0.6) is 0 Å². The van der Waals surface area contributed by atoms with Gasteiger partial charge in [-0.1, -0.05) is 54.6 Å². The Hall–Kier alpha value is -3.71. The van der Waals surface area contributed by atoms with Gasteiger partial charge in [-0.05, 0) is 36.4 Å². The average Bonchev–Trinajstić information content (AvgIpc) is 3.64. The number of rotatable bonds is 6. The summed E-state index contributed by atoms with van der Waals surface area (Å²) in [6.45, 7) is 0.948. The number of nitrogens with one attached hydrogen (secondary N) is 1. The first-order valence-electron chi connectivity index (χ1n) is 11.0. The highest BCUT2D eigenvalue weighted by molar-refractivity contribution is 7.12. The van der Waals surface area contributed by atoms with Gasteiger partial charge in [0.1, 0.15) is 6.04 Å². The SMILES string of the molecule is O=C(NCc1cn(-c2ccccc2)nc1-c1ccccc1)C1CCCN1C(=O)c1cccs1. The van der Waals surface area contributed by atoms with Gasteiger partial charge in [-0.2, -0.15) is 5.10 Å². The molecule has 0 spiro atoms. The van der Waals surface area contributed by atoms with Gasteiger partial charge in [-0.15, -0.1) is 11.3 Å². The molecule has 7 heteroatoms. The molecule has 5 rings (SSSR count). The van der Waals surface area contributed by atoms with Crippen molar-refractivity contribution in [3.63, 3.8) is 0 Å². The zero-order chi connectivity index (χ0) is 22.6. The summed E-state index contributed by atoms with van der Waals surface area (Å²) in [7, 11) is 0. The molecule has 0 saturated carbocycles. The molecule has 0 bridgehead atoms. The molecule has 1 atom stereocenters. The van der Waals surface area contributed by atoms with E-state index in [1.54, 1.807) is 4.90 Å². The third-order valence-electron chi connectivity index (χ3n) is 5.86. The number of likely N-dealkylation sites (tertiary alicyclic amines) is 1. The summed E-state index contributed by atoms with van der Waals surface area (Å²) in [6, 6.07) is 23.1. The molecule has 1 saturated heterocycles. The Morgan fingerprint density at radius 1 is 1.00 bits per heavy atom. The monoisotopic (exact) mass is 456 g/mol. The van der Waals surface area contributed by atoms with Crippen LogP contribution >= 0.6 is 11.3 Å². The smallest absolute Gasteiger partial charge is 0.264 e. The Labute approximate surface area is 196 Å². The van der Waals surface area contributed by atoms with Gasteiger partial charge in [0, 0.05) is 30.4 Å². The van der Waals surface area contributed by atoms with Crippen molar-refractivity contribution in [1.82, 2.24) is 20.0 Å². The number of thiophene rings is 1. The highest BCUT2D eigenvalue weighted by atomic mass is 32.1. The van der Waals surface area contributed by atoms with Crippen LogP contribution in [0.15, 0.2) is 84.4 Å². The van der Waals surface area contributed by atoms with E-state index in [0.29, 0.717) is 24.4 Å². The number of hydrogen-bond acceptors (Lipinski definition) is 4. The normalized spacial score (nSPS) is 15.5. The van der Waals surface area contributed by atoms with Crippen molar-refractivity contribution >= 4 is 23.2 Å². The molecule has 166 valence electrons. The van der Waals surface area contributed by atoms with Crippen LogP contribution in [0.4, 0.5) is 0 Å². The molecule has 2 aromatic carbocycles. The molecule has 2 amide bonds. The first kappa shape index (κ1) is 21.2. The number of carbonyl (C=O) groups excluding carboxylic acids is 2. The minimum Gasteiger partial charge on any atom is -0.350 e. The van der Waals surface area contributed by atoms with Crippen molar-refractivity contribution in [3.05, 3.63) is 94.8 Å². The fourth-order valence-electron chi connectivity index (χ4n) is 4.22. The van der Waals surface area contributed by atoms with E-state index in [0.717, 1.165) is 28.9 Å². The van der Waals surface area contributed by atoms with Gasteiger partial charge in [-0.3, -0.25) is 9.59 Å². The third-order valence-corrected chi connectivity index (χ3v) is 6.72. The van der Waals surface area contributed by atoms with Crippen LogP contribution in [0, 0.1) is 0 Å². The Balaban J connectivity index is 1.36. The van der Waals surface area contributed by atoms with E-state index >= 15 is 0 Å². The Bertz CT molecular complexity index is 1240. The molecule has 1 unspecified atom stereocenters. The van der Waals surface area contributed by atoms with Crippen LogP contribution in [0.1, 0.15) is 28.1 Å². The number of carbonyl (C=O) groups is 2. The molecule has 1 fully saturated rings. The van der Waals surface area contributed by atoms with Gasteiger partial charge in [0.15, 0.2) is 0 Å². The molecule has 1 N–H and O–H groups in total. The highest BCUT2D eigenvalue weighted by Crippen LogP contribution is 2.25. The van der Waals surface area contributed by atoms with Crippen LogP contribution in [-0.2, 0) is 11.3 Å². The van der Waals surface area contributed by atoms with E-state index in [4.69, 9.17) is 5.10 Å². The summed E-state index contributed by atoms with van der Waals surface area (Å²) in [5.41, 5.74) is 3.70. The van der Waals surface area contributed by atoms with Crippen LogP contribution in [0.3, 0.4) is 0 Å². The summed E-state index contributed by atoms with van der Waals surface area (Å²) < 4.78 is 1.84. The Kier molecular flexibility index (Phi) is 6.04. The van der Waals surface area contributed by atoms with Crippen LogP contribution < -0.4 is 5.32 Å². The van der Waals surface area contributed by atoms with Gasteiger partial charge < -0.3 is 10.2 Å². The molecule has 3 heterocycles. The van der Waals surface area contributed by atoms with Gasteiger partial charge in [0.05, 0.1) is 16.3 Å². The van der Waals surface area contributed by atoms with Crippen LogP contribution in [0.25, 0.3) is 16.9 Å². The summed E-state index contributed by atoms with van der Waals surface area (Å²) in [5, 5.41) is 9.75. The summed E-state index contributed by atoms with van der Waals surface area (Å²) in [4.78, 5) is 28.3. The van der Waals surface area contributed by atoms with E-state index in [1.165, 1.54) is 11.3 Å². The molecule has 4 aromatic rings. The van der Waals surface area contributed by atoms with Crippen molar-refractivity contribution in [2.24, 2.45) is 0 Å². The molecular weight excluding hydrogens is 432 g/mol. The summed E-state index contributed by atoms with van der Waals surface area (Å²) in [6.07, 6.45) is 3.47. The van der Waals surface area contributed by atoms with Crippen LogP contribution in [-0.4, -0.2) is 39.1 Å². The molecule has 1 aliphatic rings. The third kappa shape index (κ3) is 4.45. The largest absolute Gasteiger partial charge is 0.350 e. The lowest BCUT2D eigenvalue weighted by Gasteiger charge is -2.23. The lowest BCUT2D eigenvalue weighted by Crippen LogP contribution is -2.45. The second kappa shape index (κ2) is 9.42. The molecule has 33 heavy (non-hydrogen) atoms. The minimum atomic E-state index is -0.441. The Morgan fingerprint density at radius 2 is 1.76 bits per heavy atom. The van der Waals surface area contributed by atoms with E-state index in [-0.39, 0.29) is 11.8 Å². The average molecular weight is 457 g/mol. The van der Waals surface area contributed by atoms with E-state index in [9.17, 15) is 9.59 Å². The molecule has 1 aliphatic heterocycles. The van der Waals surface area contributed by atoms with Gasteiger partial charge >= 0.3 is 0 Å². The first-order valence-corrected chi connectivity index (χ1v) is 11.9. The van der Waals surface area contributed by atoms with Crippen molar-refractivity contribution in [2.45, 2.75) is 25.4 Å². The summed E-state index contributed by atoms with van der Waals surface area (Å²) in [5.74, 6) is -0.187. The predicted octanol–water partition coefficient (Wildman–Crippen LogP) is 4.52. The lowest BCUT2D eigenvalue weighted by molar-refractivity contribution is -0.125.